The maximum Gasteiger partial charge on any atom is 0.416 e. The first kappa shape index (κ1) is 21.6. The molecular formula is C21H17F4N2O2S+. The van der Waals surface area contributed by atoms with Crippen LogP contribution in [0.2, 0.25) is 0 Å². The van der Waals surface area contributed by atoms with Crippen LogP contribution in [0.4, 0.5) is 23.2 Å². The molecule has 1 unspecified atom stereocenters. The highest BCUT2D eigenvalue weighted by Gasteiger charge is 2.32. The van der Waals surface area contributed by atoms with E-state index in [2.05, 4.69) is 5.32 Å². The molecule has 0 saturated carbocycles. The van der Waals surface area contributed by atoms with Crippen LogP contribution in [-0.2, 0) is 17.6 Å². The van der Waals surface area contributed by atoms with E-state index < -0.39 is 29.6 Å². The zero-order chi connectivity index (χ0) is 21.7. The van der Waals surface area contributed by atoms with Crippen molar-refractivity contribution in [3.63, 3.8) is 0 Å². The molecule has 0 aliphatic heterocycles. The number of rotatable bonds is 6. The predicted octanol–water partition coefficient (Wildman–Crippen LogP) is 5.17. The fourth-order valence-electron chi connectivity index (χ4n) is 2.75. The van der Waals surface area contributed by atoms with Gasteiger partial charge in [0.25, 0.3) is 5.03 Å². The van der Waals surface area contributed by atoms with Gasteiger partial charge in [-0.2, -0.15) is 13.2 Å². The summed E-state index contributed by atoms with van der Waals surface area (Å²) in [5.74, 6) is -0.612. The number of carbonyl (C=O) groups excluding carboxylic acids is 1. The minimum Gasteiger partial charge on any atom is -0.325 e. The summed E-state index contributed by atoms with van der Waals surface area (Å²) in [7, 11) is 0. The van der Waals surface area contributed by atoms with Crippen LogP contribution in [0.25, 0.3) is 0 Å². The number of halogens is 4. The smallest absolute Gasteiger partial charge is 0.325 e. The third-order valence-corrected chi connectivity index (χ3v) is 5.41. The molecule has 3 rings (SSSR count). The van der Waals surface area contributed by atoms with Crippen molar-refractivity contribution in [1.82, 2.24) is 0 Å². The molecule has 2 aromatic carbocycles. The molecule has 0 fully saturated rings. The number of aromatic nitrogens is 1. The quantitative estimate of drug-likeness (QED) is 0.242. The Morgan fingerprint density at radius 2 is 1.77 bits per heavy atom. The Bertz CT molecular complexity index is 1030. The molecule has 3 aromatic rings. The number of thioether (sulfide) groups is 1. The number of benzene rings is 2. The van der Waals surface area contributed by atoms with Gasteiger partial charge in [-0.3, -0.25) is 10.0 Å². The molecule has 2 N–H and O–H groups in total. The summed E-state index contributed by atoms with van der Waals surface area (Å²) in [4.78, 5) is 13.0. The van der Waals surface area contributed by atoms with Crippen molar-refractivity contribution in [2.45, 2.75) is 23.1 Å². The van der Waals surface area contributed by atoms with E-state index in [1.807, 2.05) is 0 Å². The lowest BCUT2D eigenvalue weighted by Crippen LogP contribution is -2.32. The topological polar surface area (TPSA) is 53.2 Å². The Kier molecular flexibility index (Phi) is 6.61. The first-order valence-corrected chi connectivity index (χ1v) is 9.65. The molecule has 0 aliphatic carbocycles. The van der Waals surface area contributed by atoms with Gasteiger partial charge in [-0.05, 0) is 47.2 Å². The summed E-state index contributed by atoms with van der Waals surface area (Å²) in [5.41, 5.74) is -0.816. The molecule has 0 aliphatic rings. The van der Waals surface area contributed by atoms with E-state index in [9.17, 15) is 27.6 Å². The number of amides is 1. The van der Waals surface area contributed by atoms with Gasteiger partial charge in [-0.1, -0.05) is 30.3 Å². The Labute approximate surface area is 174 Å². The molecule has 9 heteroatoms. The molecule has 0 saturated heterocycles. The second kappa shape index (κ2) is 9.17. The van der Waals surface area contributed by atoms with Gasteiger partial charge in [-0.15, -0.1) is 0 Å². The number of carbonyl (C=O) groups is 1. The summed E-state index contributed by atoms with van der Waals surface area (Å²) in [6.45, 7) is -1.10. The fraction of sp³-hybridized carbons (Fsp3) is 0.143. The third kappa shape index (κ3) is 5.29. The summed E-state index contributed by atoms with van der Waals surface area (Å²) in [6.07, 6.45) is -3.28. The van der Waals surface area contributed by atoms with Crippen LogP contribution in [0.5, 0.6) is 0 Å². The molecule has 0 spiro atoms. The van der Waals surface area contributed by atoms with E-state index in [4.69, 9.17) is 0 Å². The van der Waals surface area contributed by atoms with Gasteiger partial charge >= 0.3 is 6.18 Å². The molecule has 156 valence electrons. The van der Waals surface area contributed by atoms with Gasteiger partial charge in [0.05, 0.1) is 5.56 Å². The van der Waals surface area contributed by atoms with Crippen molar-refractivity contribution in [2.24, 2.45) is 0 Å². The molecule has 4 nitrogen and oxygen atoms in total. The summed E-state index contributed by atoms with van der Waals surface area (Å²) in [6, 6.07) is 16.1. The molecule has 1 heterocycles. The number of hydrogen-bond acceptors (Lipinski definition) is 3. The first-order valence-electron chi connectivity index (χ1n) is 8.77. The third-order valence-electron chi connectivity index (χ3n) is 4.12. The molecule has 1 amide bonds. The molecule has 0 bridgehead atoms. The van der Waals surface area contributed by atoms with Crippen LogP contribution in [0, 0.1) is 0 Å². The van der Waals surface area contributed by atoms with Gasteiger partial charge in [0.2, 0.25) is 12.1 Å². The van der Waals surface area contributed by atoms with Crippen LogP contribution in [-0.4, -0.2) is 11.1 Å². The predicted molar refractivity (Wildman–Crippen MR) is 104 cm³/mol. The van der Waals surface area contributed by atoms with E-state index in [1.54, 1.807) is 48.5 Å². The Balaban J connectivity index is 1.93. The van der Waals surface area contributed by atoms with Gasteiger partial charge in [-0.25, -0.2) is 4.39 Å². The normalized spacial score (nSPS) is 12.4. The minimum atomic E-state index is -4.68. The summed E-state index contributed by atoms with van der Waals surface area (Å²) >= 11 is 1.02. The molecule has 1 atom stereocenters. The number of nitrogens with one attached hydrogen (secondary N) is 1. The molecule has 0 radical (unpaired) electrons. The van der Waals surface area contributed by atoms with Gasteiger partial charge in [0.1, 0.15) is 11.9 Å². The standard InChI is InChI=1S/C21H16F4N2O2S/c22-13-14-10-16(21(23,24)25)12-17(11-14)26-20(28)19(15-6-2-1-3-7-15)30-18-8-4-5-9-27(18)29/h1-12,19H,13H2,(H-,26,28,29)/p+1. The van der Waals surface area contributed by atoms with E-state index in [0.29, 0.717) is 16.7 Å². The van der Waals surface area contributed by atoms with E-state index in [0.717, 1.165) is 28.6 Å². The van der Waals surface area contributed by atoms with Crippen LogP contribution in [0.3, 0.4) is 0 Å². The number of pyridine rings is 1. The minimum absolute atomic E-state index is 0.158. The second-order valence-corrected chi connectivity index (χ2v) is 7.46. The van der Waals surface area contributed by atoms with Crippen molar-refractivity contribution < 1.29 is 32.3 Å². The average molecular weight is 437 g/mol. The summed E-state index contributed by atoms with van der Waals surface area (Å²) < 4.78 is 53.2. The number of nitrogens with zero attached hydrogens (tertiary/aromatic N) is 1. The fourth-order valence-corrected chi connectivity index (χ4v) is 3.77. The Morgan fingerprint density at radius 1 is 1.07 bits per heavy atom. The maximum atomic E-state index is 13.1. The molecular weight excluding hydrogens is 420 g/mol. The maximum absolute atomic E-state index is 13.1. The van der Waals surface area contributed by atoms with Crippen molar-refractivity contribution >= 4 is 23.4 Å². The van der Waals surface area contributed by atoms with Gasteiger partial charge in [0.15, 0.2) is 0 Å². The highest BCUT2D eigenvalue weighted by Crippen LogP contribution is 2.36. The van der Waals surface area contributed by atoms with E-state index >= 15 is 0 Å². The van der Waals surface area contributed by atoms with Gasteiger partial charge < -0.3 is 5.32 Å². The highest BCUT2D eigenvalue weighted by atomic mass is 32.2. The lowest BCUT2D eigenvalue weighted by molar-refractivity contribution is -0.932. The lowest BCUT2D eigenvalue weighted by Gasteiger charge is -2.17. The Hall–Kier alpha value is -3.07. The van der Waals surface area contributed by atoms with Crippen molar-refractivity contribution in [2.75, 3.05) is 5.32 Å². The Morgan fingerprint density at radius 3 is 2.40 bits per heavy atom. The number of hydrogen-bond donors (Lipinski definition) is 2. The number of alkyl halides is 4. The van der Waals surface area contributed by atoms with Crippen molar-refractivity contribution in [1.29, 1.82) is 0 Å². The van der Waals surface area contributed by atoms with Crippen LogP contribution < -0.4 is 10.0 Å². The van der Waals surface area contributed by atoms with Crippen LogP contribution >= 0.6 is 11.8 Å². The lowest BCUT2D eigenvalue weighted by atomic mass is 10.1. The summed E-state index contributed by atoms with van der Waals surface area (Å²) in [5, 5.41) is 11.9. The van der Waals surface area contributed by atoms with Crippen LogP contribution in [0.1, 0.15) is 21.9 Å². The van der Waals surface area contributed by atoms with Crippen molar-refractivity contribution in [3.8, 4) is 0 Å². The largest absolute Gasteiger partial charge is 0.416 e. The zero-order valence-electron chi connectivity index (χ0n) is 15.4. The van der Waals surface area contributed by atoms with Gasteiger partial charge in [0, 0.05) is 22.6 Å². The average Bonchev–Trinajstić information content (AvgIpc) is 2.72. The monoisotopic (exact) mass is 437 g/mol. The molecule has 1 aromatic heterocycles. The number of anilines is 1. The highest BCUT2D eigenvalue weighted by molar-refractivity contribution is 8.00. The van der Waals surface area contributed by atoms with E-state index in [1.165, 1.54) is 6.20 Å². The van der Waals surface area contributed by atoms with Crippen molar-refractivity contribution in [3.05, 3.63) is 89.6 Å². The van der Waals surface area contributed by atoms with Crippen LogP contribution in [0.15, 0.2) is 78.0 Å². The SMILES string of the molecule is O=C(Nc1cc(CF)cc(C(F)(F)F)c1)C(Sc1cccc[n+]1O)c1ccccc1. The first-order chi connectivity index (χ1) is 14.3. The van der Waals surface area contributed by atoms with E-state index in [-0.39, 0.29) is 11.3 Å². The second-order valence-electron chi connectivity index (χ2n) is 6.33. The molecule has 30 heavy (non-hydrogen) atoms. The zero-order valence-corrected chi connectivity index (χ0v) is 16.3.